The summed E-state index contributed by atoms with van der Waals surface area (Å²) in [6, 6.07) is 13.6. The van der Waals surface area contributed by atoms with Crippen LogP contribution >= 0.6 is 0 Å². The second-order valence-electron chi connectivity index (χ2n) is 8.82. The van der Waals surface area contributed by atoms with Gasteiger partial charge in [0.15, 0.2) is 0 Å². The molecule has 0 saturated heterocycles. The van der Waals surface area contributed by atoms with Gasteiger partial charge in [-0.3, -0.25) is 9.48 Å². The second kappa shape index (κ2) is 8.75. The van der Waals surface area contributed by atoms with E-state index in [1.807, 2.05) is 50.6 Å². The highest BCUT2D eigenvalue weighted by Crippen LogP contribution is 2.35. The van der Waals surface area contributed by atoms with Crippen molar-refractivity contribution in [2.45, 2.75) is 19.6 Å². The summed E-state index contributed by atoms with van der Waals surface area (Å²) in [5.74, 6) is 0.782. The summed E-state index contributed by atoms with van der Waals surface area (Å²) in [6.45, 7) is 2.49. The molecule has 0 radical (unpaired) electrons. The number of hydrogen-bond donors (Lipinski definition) is 0. The van der Waals surface area contributed by atoms with Crippen LogP contribution in [0.15, 0.2) is 78.0 Å². The summed E-state index contributed by atoms with van der Waals surface area (Å²) < 4.78 is 50.0. The number of halogens is 3. The summed E-state index contributed by atoms with van der Waals surface area (Å²) in [5, 5.41) is 4.24. The molecule has 6 nitrogen and oxygen atoms in total. The summed E-state index contributed by atoms with van der Waals surface area (Å²) in [6.07, 6.45) is 1.33. The summed E-state index contributed by atoms with van der Waals surface area (Å²) in [7, 11) is 3.59. The Morgan fingerprint density at radius 1 is 0.944 bits per heavy atom. The van der Waals surface area contributed by atoms with E-state index >= 15 is 0 Å². The molecule has 5 rings (SSSR count). The Balaban J connectivity index is 1.57. The minimum absolute atomic E-state index is 0.128. The molecular weight excluding hydrogens is 469 g/mol. The van der Waals surface area contributed by atoms with E-state index in [1.165, 1.54) is 12.1 Å². The van der Waals surface area contributed by atoms with E-state index in [9.17, 15) is 18.0 Å². The van der Waals surface area contributed by atoms with Gasteiger partial charge < -0.3 is 13.9 Å². The zero-order valence-electron chi connectivity index (χ0n) is 19.9. The number of alkyl halides is 3. The Labute approximate surface area is 204 Å². The van der Waals surface area contributed by atoms with Gasteiger partial charge in [-0.25, -0.2) is 0 Å². The number of rotatable bonds is 5. The van der Waals surface area contributed by atoms with Crippen LogP contribution in [-0.2, 0) is 26.8 Å². The summed E-state index contributed by atoms with van der Waals surface area (Å²) in [4.78, 5) is 12.5. The maximum Gasteiger partial charge on any atom is 0.416 e. The van der Waals surface area contributed by atoms with Crippen LogP contribution in [0.5, 0.6) is 11.5 Å². The highest BCUT2D eigenvalue weighted by atomic mass is 19.4. The van der Waals surface area contributed by atoms with Crippen molar-refractivity contribution in [3.63, 3.8) is 0 Å². The third-order valence-electron chi connectivity index (χ3n) is 6.03. The first-order valence-corrected chi connectivity index (χ1v) is 11.2. The zero-order valence-corrected chi connectivity index (χ0v) is 19.9. The van der Waals surface area contributed by atoms with Gasteiger partial charge in [0.2, 0.25) is 0 Å². The van der Waals surface area contributed by atoms with Gasteiger partial charge in [-0.1, -0.05) is 6.07 Å². The standard InChI is InChI=1S/C27H23F3N4O2/c1-17-10-19(12-22(11-17)36-21-6-4-20(5-7-21)27(28,29)30)23-16-34(15-18-13-31-32(2)14-18)24-8-9-25(35)33(3)26(23)24/h4-14,16H,15H2,1-3H3. The van der Waals surface area contributed by atoms with E-state index in [2.05, 4.69) is 9.67 Å². The maximum absolute atomic E-state index is 12.9. The van der Waals surface area contributed by atoms with Crippen molar-refractivity contribution in [3.8, 4) is 22.6 Å². The molecule has 0 N–H and O–H groups in total. The first kappa shape index (κ1) is 23.5. The van der Waals surface area contributed by atoms with Crippen molar-refractivity contribution in [1.29, 1.82) is 0 Å². The minimum Gasteiger partial charge on any atom is -0.457 e. The minimum atomic E-state index is -4.41. The van der Waals surface area contributed by atoms with E-state index in [4.69, 9.17) is 4.74 Å². The normalized spacial score (nSPS) is 11.8. The Morgan fingerprint density at radius 3 is 2.36 bits per heavy atom. The number of nitrogens with zero attached hydrogens (tertiary/aromatic N) is 4. The molecule has 0 aliphatic rings. The van der Waals surface area contributed by atoms with Gasteiger partial charge in [0.25, 0.3) is 5.56 Å². The largest absolute Gasteiger partial charge is 0.457 e. The fraction of sp³-hybridized carbons (Fsp3) is 0.185. The highest BCUT2D eigenvalue weighted by molar-refractivity contribution is 5.94. The van der Waals surface area contributed by atoms with Gasteiger partial charge in [0.05, 0.1) is 29.3 Å². The predicted octanol–water partition coefficient (Wildman–Crippen LogP) is 5.91. The first-order chi connectivity index (χ1) is 17.1. The molecule has 5 aromatic rings. The molecule has 2 aromatic carbocycles. The van der Waals surface area contributed by atoms with Gasteiger partial charge in [-0.15, -0.1) is 0 Å². The SMILES string of the molecule is Cc1cc(Oc2ccc(C(F)(F)F)cc2)cc(-c2cn(Cc3cnn(C)c3)c3ccc(=O)n(C)c23)c1. The fourth-order valence-electron chi connectivity index (χ4n) is 4.36. The maximum atomic E-state index is 12.9. The van der Waals surface area contributed by atoms with Crippen LogP contribution in [0.1, 0.15) is 16.7 Å². The molecular formula is C27H23F3N4O2. The zero-order chi connectivity index (χ0) is 25.6. The number of ether oxygens (including phenoxy) is 1. The van der Waals surface area contributed by atoms with Gasteiger partial charge in [-0.2, -0.15) is 18.3 Å². The third-order valence-corrected chi connectivity index (χ3v) is 6.03. The topological polar surface area (TPSA) is 54.0 Å². The molecule has 0 aliphatic carbocycles. The molecule has 9 heteroatoms. The molecule has 3 heterocycles. The average molecular weight is 493 g/mol. The fourth-order valence-corrected chi connectivity index (χ4v) is 4.36. The molecule has 0 fully saturated rings. The third kappa shape index (κ3) is 4.51. The Kier molecular flexibility index (Phi) is 5.70. The van der Waals surface area contributed by atoms with Gasteiger partial charge in [0, 0.05) is 43.7 Å². The van der Waals surface area contributed by atoms with Gasteiger partial charge in [0.1, 0.15) is 11.5 Å². The van der Waals surface area contributed by atoms with E-state index in [0.29, 0.717) is 18.0 Å². The van der Waals surface area contributed by atoms with Crippen molar-refractivity contribution in [1.82, 2.24) is 18.9 Å². The Bertz CT molecular complexity index is 1630. The first-order valence-electron chi connectivity index (χ1n) is 11.2. The quantitative estimate of drug-likeness (QED) is 0.307. The molecule has 0 amide bonds. The van der Waals surface area contributed by atoms with Crippen LogP contribution in [0, 0.1) is 6.92 Å². The lowest BCUT2D eigenvalue weighted by atomic mass is 10.0. The highest BCUT2D eigenvalue weighted by Gasteiger charge is 2.30. The van der Waals surface area contributed by atoms with E-state index < -0.39 is 11.7 Å². The lowest BCUT2D eigenvalue weighted by molar-refractivity contribution is -0.137. The molecule has 184 valence electrons. The van der Waals surface area contributed by atoms with E-state index in [0.717, 1.165) is 45.4 Å². The van der Waals surface area contributed by atoms with E-state index in [-0.39, 0.29) is 5.56 Å². The molecule has 0 unspecified atom stereocenters. The summed E-state index contributed by atoms with van der Waals surface area (Å²) >= 11 is 0. The number of aryl methyl sites for hydroxylation is 3. The van der Waals surface area contributed by atoms with Gasteiger partial charge >= 0.3 is 6.18 Å². The summed E-state index contributed by atoms with van der Waals surface area (Å²) in [5.41, 5.74) is 4.40. The molecule has 36 heavy (non-hydrogen) atoms. The van der Waals surface area contributed by atoms with Crippen molar-refractivity contribution >= 4 is 11.0 Å². The Hall–Kier alpha value is -4.27. The van der Waals surface area contributed by atoms with Crippen molar-refractivity contribution in [2.75, 3.05) is 0 Å². The van der Waals surface area contributed by atoms with Crippen molar-refractivity contribution in [2.24, 2.45) is 14.1 Å². The van der Waals surface area contributed by atoms with Crippen molar-refractivity contribution in [3.05, 3.63) is 100 Å². The molecule has 0 spiro atoms. The lowest BCUT2D eigenvalue weighted by Crippen LogP contribution is -2.15. The second-order valence-corrected chi connectivity index (χ2v) is 8.82. The predicted molar refractivity (Wildman–Crippen MR) is 131 cm³/mol. The lowest BCUT2D eigenvalue weighted by Gasteiger charge is -2.11. The average Bonchev–Trinajstić information content (AvgIpc) is 3.39. The number of hydrogen-bond acceptors (Lipinski definition) is 3. The smallest absolute Gasteiger partial charge is 0.416 e. The Morgan fingerprint density at radius 2 is 1.69 bits per heavy atom. The van der Waals surface area contributed by atoms with Crippen LogP contribution in [0.25, 0.3) is 22.2 Å². The molecule has 3 aromatic heterocycles. The van der Waals surface area contributed by atoms with Crippen LogP contribution < -0.4 is 10.3 Å². The van der Waals surface area contributed by atoms with Gasteiger partial charge in [-0.05, 0) is 60.5 Å². The van der Waals surface area contributed by atoms with E-state index in [1.54, 1.807) is 28.6 Å². The molecule has 0 saturated carbocycles. The molecule has 0 bridgehead atoms. The van der Waals surface area contributed by atoms with Crippen LogP contribution in [0.3, 0.4) is 0 Å². The van der Waals surface area contributed by atoms with Crippen LogP contribution in [0.4, 0.5) is 13.2 Å². The van der Waals surface area contributed by atoms with Crippen LogP contribution in [-0.4, -0.2) is 18.9 Å². The number of benzene rings is 2. The number of aromatic nitrogens is 4. The van der Waals surface area contributed by atoms with Crippen molar-refractivity contribution < 1.29 is 17.9 Å². The number of pyridine rings is 1. The number of fused-ring (bicyclic) bond motifs is 1. The molecule has 0 atom stereocenters. The van der Waals surface area contributed by atoms with Crippen LogP contribution in [0.2, 0.25) is 0 Å². The monoisotopic (exact) mass is 492 g/mol. The molecule has 0 aliphatic heterocycles.